The Labute approximate surface area is 118 Å². The number of rotatable bonds is 4. The van der Waals surface area contributed by atoms with Crippen molar-refractivity contribution in [3.8, 4) is 11.5 Å². The number of benzene rings is 1. The highest BCUT2D eigenvalue weighted by atomic mass is 32.2. The maximum absolute atomic E-state index is 12.4. The molecule has 0 heterocycles. The van der Waals surface area contributed by atoms with Gasteiger partial charge in [-0.1, -0.05) is 0 Å². The maximum Gasteiger partial charge on any atom is 0.446 e. The summed E-state index contributed by atoms with van der Waals surface area (Å²) in [5.41, 5.74) is -9.31. The largest absolute Gasteiger partial charge is 0.497 e. The Morgan fingerprint density at radius 2 is 1.20 bits per heavy atom. The highest BCUT2D eigenvalue weighted by Crippen LogP contribution is 2.50. The average molecular weight is 338 g/mol. The van der Waals surface area contributed by atoms with Crippen LogP contribution in [0.25, 0.3) is 0 Å². The first-order valence-corrected chi connectivity index (χ1v) is 6.46. The molecule has 0 aliphatic carbocycles. The molecule has 1 aromatic carbocycles. The molecule has 10 heteroatoms. The summed E-state index contributed by atoms with van der Waals surface area (Å²) in [7, 11) is 2.15. The third kappa shape index (κ3) is 5.23. The number of ether oxygens (including phenoxy) is 2. The summed E-state index contributed by atoms with van der Waals surface area (Å²) in [5.74, 6) is -0.611. The van der Waals surface area contributed by atoms with Gasteiger partial charge in [0.1, 0.15) is 11.5 Å². The van der Waals surface area contributed by atoms with E-state index in [-0.39, 0.29) is 5.75 Å². The second-order valence-corrected chi connectivity index (χ2v) is 5.47. The van der Waals surface area contributed by atoms with Crippen molar-refractivity contribution in [2.75, 3.05) is 14.2 Å². The summed E-state index contributed by atoms with van der Waals surface area (Å²) in [6.45, 7) is 0. The van der Waals surface area contributed by atoms with Crippen molar-refractivity contribution in [2.24, 2.45) is 0 Å². The van der Waals surface area contributed by atoms with E-state index < -0.39 is 50.1 Å². The molecule has 0 aliphatic heterocycles. The van der Waals surface area contributed by atoms with Gasteiger partial charge in [-0.2, -0.15) is 26.3 Å². The Balaban J connectivity index is 3.31. The van der Waals surface area contributed by atoms with Gasteiger partial charge in [0.25, 0.3) is 0 Å². The van der Waals surface area contributed by atoms with Crippen LogP contribution in [0.2, 0.25) is 0 Å². The predicted molar refractivity (Wildman–Crippen MR) is 63.4 cm³/mol. The third-order valence-corrected chi connectivity index (χ3v) is 3.39. The summed E-state index contributed by atoms with van der Waals surface area (Å²) in [6, 6.07) is 1.94. The Bertz CT molecular complexity index is 435. The fourth-order valence-corrected chi connectivity index (χ4v) is 2.76. The Morgan fingerprint density at radius 3 is 1.45 bits per heavy atom. The summed E-state index contributed by atoms with van der Waals surface area (Å²) in [4.78, 5) is -0.989. The van der Waals surface area contributed by atoms with E-state index >= 15 is 0 Å². The molecular weight excluding hydrogens is 330 g/mol. The van der Waals surface area contributed by atoms with Gasteiger partial charge < -0.3 is 9.47 Å². The number of alkyl halides is 6. The van der Waals surface area contributed by atoms with Crippen LogP contribution >= 0.6 is 23.5 Å². The lowest BCUT2D eigenvalue weighted by atomic mass is 10.3. The van der Waals surface area contributed by atoms with Crippen LogP contribution in [-0.4, -0.2) is 25.2 Å². The van der Waals surface area contributed by atoms with Gasteiger partial charge in [-0.3, -0.25) is 0 Å². The summed E-state index contributed by atoms with van der Waals surface area (Å²) < 4.78 is 83.8. The second-order valence-electron chi connectivity index (χ2n) is 3.25. The van der Waals surface area contributed by atoms with Crippen molar-refractivity contribution in [1.82, 2.24) is 0 Å². The molecule has 0 bridgehead atoms. The zero-order valence-corrected chi connectivity index (χ0v) is 11.7. The van der Waals surface area contributed by atoms with Crippen molar-refractivity contribution >= 4 is 23.5 Å². The molecule has 0 radical (unpaired) electrons. The second kappa shape index (κ2) is 6.25. The van der Waals surface area contributed by atoms with E-state index in [2.05, 4.69) is 4.74 Å². The van der Waals surface area contributed by atoms with Crippen LogP contribution in [0.4, 0.5) is 26.3 Å². The van der Waals surface area contributed by atoms with E-state index in [1.165, 1.54) is 0 Å². The van der Waals surface area contributed by atoms with Crippen molar-refractivity contribution in [3.63, 3.8) is 0 Å². The van der Waals surface area contributed by atoms with Gasteiger partial charge in [0.05, 0.1) is 24.0 Å². The fourth-order valence-electron chi connectivity index (χ4n) is 1.27. The van der Waals surface area contributed by atoms with E-state index in [1.807, 2.05) is 0 Å². The lowest BCUT2D eigenvalue weighted by Gasteiger charge is -2.16. The van der Waals surface area contributed by atoms with Crippen molar-refractivity contribution in [3.05, 3.63) is 12.1 Å². The minimum atomic E-state index is -4.65. The van der Waals surface area contributed by atoms with Gasteiger partial charge in [0.2, 0.25) is 0 Å². The van der Waals surface area contributed by atoms with Crippen LogP contribution in [0.5, 0.6) is 11.5 Å². The highest BCUT2D eigenvalue weighted by Gasteiger charge is 2.35. The van der Waals surface area contributed by atoms with Crippen LogP contribution in [0, 0.1) is 0 Å². The molecular formula is C10H8F6O2S2. The number of methoxy groups -OCH3 is 2. The predicted octanol–water partition coefficient (Wildman–Crippen LogP) is 4.93. The molecule has 1 rings (SSSR count). The Hall–Kier alpha value is -0.900. The minimum Gasteiger partial charge on any atom is -0.497 e. The molecule has 0 amide bonds. The maximum atomic E-state index is 12.4. The first-order valence-electron chi connectivity index (χ1n) is 4.83. The van der Waals surface area contributed by atoms with Gasteiger partial charge in [-0.05, 0) is 35.7 Å². The third-order valence-electron chi connectivity index (χ3n) is 1.89. The molecule has 0 fully saturated rings. The SMILES string of the molecule is COc1cc(SC(F)(F)F)c(OC)c(SC(F)(F)F)c1. The zero-order valence-electron chi connectivity index (χ0n) is 10.1. The van der Waals surface area contributed by atoms with Crippen LogP contribution in [0.3, 0.4) is 0 Å². The van der Waals surface area contributed by atoms with Gasteiger partial charge in [-0.15, -0.1) is 0 Å². The van der Waals surface area contributed by atoms with E-state index in [4.69, 9.17) is 4.74 Å². The molecule has 1 aromatic rings. The molecule has 0 unspecified atom stereocenters. The fraction of sp³-hybridized carbons (Fsp3) is 0.400. The summed E-state index contributed by atoms with van der Waals surface area (Å²) in [6.07, 6.45) is 0. The lowest BCUT2D eigenvalue weighted by molar-refractivity contribution is -0.0334. The molecule has 0 aliphatic rings. The number of halogens is 6. The Morgan fingerprint density at radius 1 is 0.800 bits per heavy atom. The van der Waals surface area contributed by atoms with Gasteiger partial charge >= 0.3 is 11.0 Å². The van der Waals surface area contributed by atoms with Gasteiger partial charge in [0.15, 0.2) is 0 Å². The van der Waals surface area contributed by atoms with Crippen LogP contribution in [0.15, 0.2) is 21.9 Å². The molecule has 2 nitrogen and oxygen atoms in total. The number of thioether (sulfide) groups is 2. The van der Waals surface area contributed by atoms with Crippen LogP contribution in [0.1, 0.15) is 0 Å². The van der Waals surface area contributed by atoms with E-state index in [0.29, 0.717) is 0 Å². The average Bonchev–Trinajstić information content (AvgIpc) is 2.24. The molecule has 0 saturated carbocycles. The highest BCUT2D eigenvalue weighted by molar-refractivity contribution is 8.01. The van der Waals surface area contributed by atoms with Crippen molar-refractivity contribution in [2.45, 2.75) is 20.8 Å². The normalized spacial score (nSPS) is 12.4. The number of hydrogen-bond acceptors (Lipinski definition) is 4. The minimum absolute atomic E-state index is 0.121. The van der Waals surface area contributed by atoms with E-state index in [0.717, 1.165) is 26.4 Å². The standard InChI is InChI=1S/C10H8F6O2S2/c1-17-5-3-6(19-9(11,12)13)8(18-2)7(4-5)20-10(14,15)16/h3-4H,1-2H3. The number of hydrogen-bond donors (Lipinski definition) is 0. The van der Waals surface area contributed by atoms with Gasteiger partial charge in [0, 0.05) is 0 Å². The molecule has 0 saturated heterocycles. The summed E-state index contributed by atoms with van der Waals surface area (Å²) >= 11 is -1.13. The van der Waals surface area contributed by atoms with Crippen molar-refractivity contribution in [1.29, 1.82) is 0 Å². The van der Waals surface area contributed by atoms with Crippen LogP contribution < -0.4 is 9.47 Å². The molecule has 20 heavy (non-hydrogen) atoms. The van der Waals surface area contributed by atoms with Crippen LogP contribution in [-0.2, 0) is 0 Å². The molecule has 0 aromatic heterocycles. The first kappa shape index (κ1) is 17.2. The van der Waals surface area contributed by atoms with E-state index in [1.54, 1.807) is 0 Å². The quantitative estimate of drug-likeness (QED) is 0.572. The van der Waals surface area contributed by atoms with E-state index in [9.17, 15) is 26.3 Å². The first-order chi connectivity index (χ1) is 9.05. The Kier molecular flexibility index (Phi) is 5.36. The molecule has 114 valence electrons. The topological polar surface area (TPSA) is 18.5 Å². The molecule has 0 N–H and O–H groups in total. The lowest BCUT2D eigenvalue weighted by Crippen LogP contribution is -2.04. The molecule has 0 atom stereocenters. The molecule has 0 spiro atoms. The van der Waals surface area contributed by atoms with Gasteiger partial charge in [-0.25, -0.2) is 0 Å². The zero-order chi connectivity index (χ0) is 15.6. The smallest absolute Gasteiger partial charge is 0.446 e. The van der Waals surface area contributed by atoms with Crippen molar-refractivity contribution < 1.29 is 35.8 Å². The summed E-state index contributed by atoms with van der Waals surface area (Å²) in [5, 5.41) is 0. The monoisotopic (exact) mass is 338 g/mol.